The van der Waals surface area contributed by atoms with Crippen LogP contribution in [0.2, 0.25) is 0 Å². The summed E-state index contributed by atoms with van der Waals surface area (Å²) in [4.78, 5) is 16.9. The van der Waals surface area contributed by atoms with Crippen molar-refractivity contribution in [3.8, 4) is 0 Å². The van der Waals surface area contributed by atoms with Crippen LogP contribution in [0.5, 0.6) is 0 Å². The number of benzene rings is 1. The molecule has 0 saturated heterocycles. The third-order valence-corrected chi connectivity index (χ3v) is 5.50. The zero-order valence-corrected chi connectivity index (χ0v) is 16.0. The van der Waals surface area contributed by atoms with Crippen molar-refractivity contribution in [2.45, 2.75) is 31.7 Å². The van der Waals surface area contributed by atoms with Crippen LogP contribution in [0.1, 0.15) is 47.6 Å². The van der Waals surface area contributed by atoms with E-state index in [4.69, 9.17) is 0 Å². The fourth-order valence-electron chi connectivity index (χ4n) is 3.08. The van der Waals surface area contributed by atoms with Gasteiger partial charge in [-0.15, -0.1) is 0 Å². The molecule has 1 atom stereocenters. The van der Waals surface area contributed by atoms with Crippen LogP contribution in [-0.2, 0) is 0 Å². The first-order valence-electron chi connectivity index (χ1n) is 8.75. The maximum Gasteiger partial charge on any atom is 0.256 e. The zero-order chi connectivity index (χ0) is 18.3. The highest BCUT2D eigenvalue weighted by Crippen LogP contribution is 2.40. The van der Waals surface area contributed by atoms with Crippen molar-refractivity contribution in [3.05, 3.63) is 58.3 Å². The number of pyridine rings is 1. The summed E-state index contributed by atoms with van der Waals surface area (Å²) in [6.07, 6.45) is 6.27. The molecule has 6 heteroatoms. The molecule has 1 aliphatic carbocycles. The van der Waals surface area contributed by atoms with Crippen LogP contribution in [0.4, 0.5) is 5.82 Å². The van der Waals surface area contributed by atoms with Crippen LogP contribution in [0.25, 0.3) is 10.9 Å². The Morgan fingerprint density at radius 3 is 2.77 bits per heavy atom. The minimum Gasteiger partial charge on any atom is -0.396 e. The molecule has 1 aliphatic rings. The molecule has 1 unspecified atom stereocenters. The number of carbonyl (C=O) groups is 1. The van der Waals surface area contributed by atoms with Crippen molar-refractivity contribution in [2.75, 3.05) is 11.9 Å². The van der Waals surface area contributed by atoms with Gasteiger partial charge in [-0.25, -0.2) is 4.98 Å². The number of hydrogen-bond donors (Lipinski definition) is 2. The number of fused-ring (bicyclic) bond motifs is 1. The van der Waals surface area contributed by atoms with Gasteiger partial charge in [0.05, 0.1) is 5.52 Å². The molecule has 2 N–H and O–H groups in total. The molecule has 4 rings (SSSR count). The fourth-order valence-corrected chi connectivity index (χ4v) is 3.61. The van der Waals surface area contributed by atoms with Gasteiger partial charge >= 0.3 is 0 Å². The number of rotatable bonds is 5. The molecule has 0 radical (unpaired) electrons. The molecule has 26 heavy (non-hydrogen) atoms. The largest absolute Gasteiger partial charge is 0.396 e. The van der Waals surface area contributed by atoms with Gasteiger partial charge in [-0.3, -0.25) is 4.79 Å². The standard InChI is InChI=1S/C20H20BrN3O2/c1-12(11-25)13-2-4-14(5-3-13)20(26)23-19-8-18-16(9-22-19)17(21)10-24(18)15-6-7-15/h2-5,8-10,12,15,25H,6-7,11H2,1H3,(H,22,23,26). The van der Waals surface area contributed by atoms with Gasteiger partial charge in [-0.2, -0.15) is 0 Å². The molecule has 1 aromatic carbocycles. The fraction of sp³-hybridized carbons (Fsp3) is 0.300. The number of halogens is 1. The van der Waals surface area contributed by atoms with Crippen LogP contribution in [-0.4, -0.2) is 27.2 Å². The lowest BCUT2D eigenvalue weighted by molar-refractivity contribution is 0.102. The van der Waals surface area contributed by atoms with Crippen molar-refractivity contribution >= 4 is 38.6 Å². The van der Waals surface area contributed by atoms with E-state index in [-0.39, 0.29) is 18.4 Å². The third-order valence-electron chi connectivity index (χ3n) is 4.87. The number of nitrogens with zero attached hydrogens (tertiary/aromatic N) is 2. The van der Waals surface area contributed by atoms with Crippen LogP contribution in [0, 0.1) is 0 Å². The number of hydrogen-bond acceptors (Lipinski definition) is 3. The van der Waals surface area contributed by atoms with E-state index in [1.165, 1.54) is 12.8 Å². The third kappa shape index (κ3) is 3.27. The monoisotopic (exact) mass is 413 g/mol. The second-order valence-corrected chi connectivity index (χ2v) is 7.72. The van der Waals surface area contributed by atoms with E-state index in [9.17, 15) is 9.90 Å². The number of carbonyl (C=O) groups excluding carboxylic acids is 1. The minimum atomic E-state index is -0.191. The minimum absolute atomic E-state index is 0.0600. The number of nitrogens with one attached hydrogen (secondary N) is 1. The molecule has 1 saturated carbocycles. The molecule has 2 heterocycles. The summed E-state index contributed by atoms with van der Waals surface area (Å²) in [5.74, 6) is 0.413. The zero-order valence-electron chi connectivity index (χ0n) is 14.4. The van der Waals surface area contributed by atoms with E-state index >= 15 is 0 Å². The first kappa shape index (κ1) is 17.2. The van der Waals surface area contributed by atoms with Gasteiger partial charge in [0.25, 0.3) is 5.91 Å². The predicted octanol–water partition coefficient (Wildman–Crippen LogP) is 4.48. The van der Waals surface area contributed by atoms with Gasteiger partial charge in [-0.05, 0) is 46.5 Å². The van der Waals surface area contributed by atoms with E-state index in [0.29, 0.717) is 17.4 Å². The maximum absolute atomic E-state index is 12.5. The maximum atomic E-state index is 12.5. The Balaban J connectivity index is 1.56. The van der Waals surface area contributed by atoms with Crippen molar-refractivity contribution < 1.29 is 9.90 Å². The molecule has 0 aliphatic heterocycles. The molecule has 0 spiro atoms. The van der Waals surface area contributed by atoms with Gasteiger partial charge in [0, 0.05) is 52.4 Å². The summed E-state index contributed by atoms with van der Waals surface area (Å²) < 4.78 is 3.28. The van der Waals surface area contributed by atoms with Crippen LogP contribution in [0.15, 0.2) is 47.2 Å². The van der Waals surface area contributed by atoms with E-state index in [1.807, 2.05) is 25.1 Å². The lowest BCUT2D eigenvalue weighted by Gasteiger charge is -2.10. The van der Waals surface area contributed by atoms with Crippen LogP contribution >= 0.6 is 15.9 Å². The van der Waals surface area contributed by atoms with E-state index < -0.39 is 0 Å². The smallest absolute Gasteiger partial charge is 0.256 e. The first-order valence-corrected chi connectivity index (χ1v) is 9.54. The Hall–Kier alpha value is -2.18. The van der Waals surface area contributed by atoms with Gasteiger partial charge in [-0.1, -0.05) is 19.1 Å². The van der Waals surface area contributed by atoms with Gasteiger partial charge in [0.15, 0.2) is 0 Å². The molecular weight excluding hydrogens is 394 g/mol. The first-order chi connectivity index (χ1) is 12.6. The topological polar surface area (TPSA) is 67.2 Å². The predicted molar refractivity (Wildman–Crippen MR) is 106 cm³/mol. The van der Waals surface area contributed by atoms with Gasteiger partial charge < -0.3 is 15.0 Å². The Morgan fingerprint density at radius 2 is 2.12 bits per heavy atom. The Kier molecular flexibility index (Phi) is 4.54. The summed E-state index contributed by atoms with van der Waals surface area (Å²) in [6, 6.07) is 9.79. The van der Waals surface area contributed by atoms with Crippen molar-refractivity contribution in [1.29, 1.82) is 0 Å². The van der Waals surface area contributed by atoms with E-state index in [2.05, 4.69) is 37.0 Å². The molecule has 3 aromatic rings. The number of aliphatic hydroxyl groups is 1. The molecular formula is C20H20BrN3O2. The summed E-state index contributed by atoms with van der Waals surface area (Å²) in [7, 11) is 0. The number of aromatic nitrogens is 2. The molecule has 2 aromatic heterocycles. The Labute approximate surface area is 160 Å². The Bertz CT molecular complexity index is 961. The summed E-state index contributed by atoms with van der Waals surface area (Å²) in [5, 5.41) is 13.2. The molecule has 1 amide bonds. The molecule has 5 nitrogen and oxygen atoms in total. The number of aliphatic hydroxyl groups excluding tert-OH is 1. The SMILES string of the molecule is CC(CO)c1ccc(C(=O)Nc2cc3c(cn2)c(Br)cn3C2CC2)cc1. The lowest BCUT2D eigenvalue weighted by Crippen LogP contribution is -2.13. The van der Waals surface area contributed by atoms with Gasteiger partial charge in [0.2, 0.25) is 0 Å². The average molecular weight is 414 g/mol. The summed E-state index contributed by atoms with van der Waals surface area (Å²) >= 11 is 3.58. The van der Waals surface area contributed by atoms with Crippen molar-refractivity contribution in [3.63, 3.8) is 0 Å². The van der Waals surface area contributed by atoms with Crippen molar-refractivity contribution in [2.24, 2.45) is 0 Å². The normalized spacial score (nSPS) is 15.2. The highest BCUT2D eigenvalue weighted by molar-refractivity contribution is 9.10. The molecule has 134 valence electrons. The number of anilines is 1. The van der Waals surface area contributed by atoms with Crippen LogP contribution in [0.3, 0.4) is 0 Å². The average Bonchev–Trinajstić information content (AvgIpc) is 3.45. The highest BCUT2D eigenvalue weighted by atomic mass is 79.9. The van der Waals surface area contributed by atoms with Gasteiger partial charge in [0.1, 0.15) is 5.82 Å². The molecule has 0 bridgehead atoms. The van der Waals surface area contributed by atoms with Crippen LogP contribution < -0.4 is 5.32 Å². The Morgan fingerprint density at radius 1 is 1.38 bits per heavy atom. The quantitative estimate of drug-likeness (QED) is 0.647. The second kappa shape index (κ2) is 6.85. The summed E-state index contributed by atoms with van der Waals surface area (Å²) in [5.41, 5.74) is 2.66. The molecule has 1 fully saturated rings. The summed E-state index contributed by atoms with van der Waals surface area (Å²) in [6.45, 7) is 2.03. The second-order valence-electron chi connectivity index (χ2n) is 6.86. The number of amides is 1. The van der Waals surface area contributed by atoms with E-state index in [0.717, 1.165) is 20.9 Å². The highest BCUT2D eigenvalue weighted by Gasteiger charge is 2.25. The van der Waals surface area contributed by atoms with Crippen molar-refractivity contribution in [1.82, 2.24) is 9.55 Å². The van der Waals surface area contributed by atoms with E-state index in [1.54, 1.807) is 18.3 Å². The lowest BCUT2D eigenvalue weighted by atomic mass is 10.0.